The van der Waals surface area contributed by atoms with Crippen molar-refractivity contribution in [2.24, 2.45) is 0 Å². The number of nitrogens with one attached hydrogen (secondary N) is 2. The van der Waals surface area contributed by atoms with Crippen LogP contribution < -0.4 is 16.2 Å². The van der Waals surface area contributed by atoms with Crippen LogP contribution in [0, 0.1) is 0 Å². The van der Waals surface area contributed by atoms with E-state index in [0.29, 0.717) is 22.1 Å². The lowest BCUT2D eigenvalue weighted by Gasteiger charge is -2.27. The lowest BCUT2D eigenvalue weighted by atomic mass is 10.2. The second-order valence-electron chi connectivity index (χ2n) is 7.14. The maximum atomic E-state index is 12.8. The van der Waals surface area contributed by atoms with Gasteiger partial charge in [-0.1, -0.05) is 17.7 Å². The van der Waals surface area contributed by atoms with Crippen LogP contribution in [-0.4, -0.2) is 50.9 Å². The fraction of sp³-hybridized carbons (Fsp3) is 0.136. The number of hydrogen-bond acceptors (Lipinski definition) is 4. The van der Waals surface area contributed by atoms with E-state index in [9.17, 15) is 19.5 Å². The first-order chi connectivity index (χ1) is 15.4. The summed E-state index contributed by atoms with van der Waals surface area (Å²) in [5.41, 5.74) is 1.46. The van der Waals surface area contributed by atoms with E-state index in [4.69, 9.17) is 11.6 Å². The van der Waals surface area contributed by atoms with E-state index < -0.39 is 18.2 Å². The minimum atomic E-state index is -0.871. The molecule has 32 heavy (non-hydrogen) atoms. The average molecular weight is 454 g/mol. The van der Waals surface area contributed by atoms with Crippen molar-refractivity contribution in [3.63, 3.8) is 0 Å². The number of amides is 4. The van der Waals surface area contributed by atoms with Gasteiger partial charge in [0.1, 0.15) is 0 Å². The molecular weight excluding hydrogens is 434 g/mol. The van der Waals surface area contributed by atoms with Crippen LogP contribution in [-0.2, 0) is 0 Å². The van der Waals surface area contributed by atoms with Crippen LogP contribution >= 0.6 is 11.6 Å². The van der Waals surface area contributed by atoms with Crippen molar-refractivity contribution in [1.29, 1.82) is 0 Å². The summed E-state index contributed by atoms with van der Waals surface area (Å²) < 4.78 is 1.48. The van der Waals surface area contributed by atoms with Crippen LogP contribution in [0.4, 0.5) is 21.0 Å². The molecule has 0 aliphatic carbocycles. The summed E-state index contributed by atoms with van der Waals surface area (Å²) in [4.78, 5) is 37.4. The molecule has 1 fully saturated rings. The first-order valence-corrected chi connectivity index (χ1v) is 10.2. The number of aliphatic hydroxyl groups excluding tert-OH is 1. The Morgan fingerprint density at radius 3 is 1.91 bits per heavy atom. The highest BCUT2D eigenvalue weighted by Crippen LogP contribution is 2.19. The zero-order valence-corrected chi connectivity index (χ0v) is 17.6. The number of halogens is 1. The number of aromatic nitrogens is 1. The standard InChI is InChI=1S/C22H20ClN5O4/c23-15-4-6-16(7-5-15)24-21(31)27-13-19(29)14-28(27)22(32)25-17-8-10-18(11-9-17)26-12-2-1-3-20(26)30/h1-12,19,29H,13-14H2,(H,24,31)(H,25,32). The van der Waals surface area contributed by atoms with Gasteiger partial charge in [-0.05, 0) is 54.6 Å². The molecule has 0 saturated carbocycles. The molecule has 0 bridgehead atoms. The van der Waals surface area contributed by atoms with E-state index in [2.05, 4.69) is 10.6 Å². The molecule has 2 heterocycles. The van der Waals surface area contributed by atoms with E-state index in [1.165, 1.54) is 10.6 Å². The van der Waals surface area contributed by atoms with Crippen molar-refractivity contribution in [3.8, 4) is 5.69 Å². The normalized spacial score (nSPS) is 15.5. The summed E-state index contributed by atoms with van der Waals surface area (Å²) in [5, 5.41) is 18.2. The quantitative estimate of drug-likeness (QED) is 0.566. The van der Waals surface area contributed by atoms with Gasteiger partial charge in [0.25, 0.3) is 5.56 Å². The number of hydrazine groups is 1. The molecule has 4 amide bonds. The van der Waals surface area contributed by atoms with E-state index in [1.54, 1.807) is 66.9 Å². The van der Waals surface area contributed by atoms with Gasteiger partial charge in [0.05, 0.1) is 19.2 Å². The number of pyridine rings is 1. The number of β-amino-alcohol motifs (C(OH)–C–C–N with tert-alkyl or cyclic N) is 1. The molecule has 10 heteroatoms. The van der Waals surface area contributed by atoms with Crippen LogP contribution in [0.15, 0.2) is 77.7 Å². The van der Waals surface area contributed by atoms with E-state index in [0.717, 1.165) is 10.0 Å². The maximum Gasteiger partial charge on any atom is 0.340 e. The van der Waals surface area contributed by atoms with Crippen molar-refractivity contribution in [1.82, 2.24) is 14.6 Å². The van der Waals surface area contributed by atoms with E-state index in [1.807, 2.05) is 0 Å². The molecule has 9 nitrogen and oxygen atoms in total. The van der Waals surface area contributed by atoms with Gasteiger partial charge in [0.2, 0.25) is 0 Å². The van der Waals surface area contributed by atoms with Crippen molar-refractivity contribution in [3.05, 3.63) is 88.3 Å². The molecule has 1 unspecified atom stereocenters. The predicted octanol–water partition coefficient (Wildman–Crippen LogP) is 3.15. The highest BCUT2D eigenvalue weighted by molar-refractivity contribution is 6.30. The van der Waals surface area contributed by atoms with Crippen molar-refractivity contribution >= 4 is 35.0 Å². The number of carbonyl (C=O) groups excluding carboxylic acids is 2. The van der Waals surface area contributed by atoms with Crippen LogP contribution in [0.3, 0.4) is 0 Å². The van der Waals surface area contributed by atoms with Crippen molar-refractivity contribution < 1.29 is 14.7 Å². The molecule has 0 radical (unpaired) electrons. The third-order valence-electron chi connectivity index (χ3n) is 4.84. The molecule has 1 atom stereocenters. The number of nitrogens with zero attached hydrogens (tertiary/aromatic N) is 3. The fourth-order valence-electron chi connectivity index (χ4n) is 3.29. The Labute approximate surface area is 188 Å². The molecule has 1 saturated heterocycles. The van der Waals surface area contributed by atoms with Crippen LogP contribution in [0.25, 0.3) is 5.69 Å². The molecule has 164 valence electrons. The maximum absolute atomic E-state index is 12.8. The third-order valence-corrected chi connectivity index (χ3v) is 5.09. The Morgan fingerprint density at radius 1 is 0.844 bits per heavy atom. The van der Waals surface area contributed by atoms with Gasteiger partial charge in [-0.3, -0.25) is 9.36 Å². The predicted molar refractivity (Wildman–Crippen MR) is 121 cm³/mol. The minimum absolute atomic E-state index is 0.0251. The molecule has 3 aromatic rings. The lowest BCUT2D eigenvalue weighted by molar-refractivity contribution is 0.103. The molecule has 4 rings (SSSR count). The minimum Gasteiger partial charge on any atom is -0.389 e. The summed E-state index contributed by atoms with van der Waals surface area (Å²) in [6, 6.07) is 17.0. The van der Waals surface area contributed by atoms with Gasteiger partial charge in [-0.2, -0.15) is 0 Å². The van der Waals surface area contributed by atoms with Gasteiger partial charge >= 0.3 is 12.1 Å². The second kappa shape index (κ2) is 9.13. The summed E-state index contributed by atoms with van der Waals surface area (Å²) >= 11 is 5.85. The van der Waals surface area contributed by atoms with Gasteiger partial charge in [0.15, 0.2) is 0 Å². The highest BCUT2D eigenvalue weighted by atomic mass is 35.5. The fourth-order valence-corrected chi connectivity index (χ4v) is 3.42. The van der Waals surface area contributed by atoms with Crippen LogP contribution in [0.2, 0.25) is 5.02 Å². The van der Waals surface area contributed by atoms with Crippen LogP contribution in [0.5, 0.6) is 0 Å². The molecule has 1 aromatic heterocycles. The highest BCUT2D eigenvalue weighted by Gasteiger charge is 2.36. The Bertz CT molecular complexity index is 1180. The van der Waals surface area contributed by atoms with Crippen molar-refractivity contribution in [2.45, 2.75) is 6.10 Å². The first kappa shape index (κ1) is 21.4. The topological polar surface area (TPSA) is 107 Å². The Kier molecular flexibility index (Phi) is 6.11. The summed E-state index contributed by atoms with van der Waals surface area (Å²) in [5.74, 6) is 0. The van der Waals surface area contributed by atoms with Gasteiger partial charge in [-0.25, -0.2) is 19.6 Å². The number of urea groups is 2. The average Bonchev–Trinajstić information content (AvgIpc) is 3.18. The second-order valence-corrected chi connectivity index (χ2v) is 7.58. The zero-order valence-electron chi connectivity index (χ0n) is 16.8. The lowest BCUT2D eigenvalue weighted by Crippen LogP contribution is -2.48. The van der Waals surface area contributed by atoms with Gasteiger partial charge in [0, 0.05) is 34.3 Å². The molecule has 0 spiro atoms. The van der Waals surface area contributed by atoms with Crippen molar-refractivity contribution in [2.75, 3.05) is 23.7 Å². The van der Waals surface area contributed by atoms with Gasteiger partial charge in [-0.15, -0.1) is 0 Å². The molecule has 3 N–H and O–H groups in total. The molecule has 2 aromatic carbocycles. The number of benzene rings is 2. The van der Waals surface area contributed by atoms with E-state index >= 15 is 0 Å². The van der Waals surface area contributed by atoms with Gasteiger partial charge < -0.3 is 15.7 Å². The zero-order chi connectivity index (χ0) is 22.7. The Hall–Kier alpha value is -3.82. The Morgan fingerprint density at radius 2 is 1.38 bits per heavy atom. The summed E-state index contributed by atoms with van der Waals surface area (Å²) in [6.45, 7) is -0.0555. The molecular formula is C22H20ClN5O4. The summed E-state index contributed by atoms with van der Waals surface area (Å²) in [7, 11) is 0. The SMILES string of the molecule is O=C(Nc1ccc(Cl)cc1)N1CC(O)CN1C(=O)Nc1ccc(-n2ccccc2=O)cc1. The largest absolute Gasteiger partial charge is 0.389 e. The number of hydrogen-bond donors (Lipinski definition) is 3. The summed E-state index contributed by atoms with van der Waals surface area (Å²) in [6.07, 6.45) is 0.780. The first-order valence-electron chi connectivity index (χ1n) is 9.79. The smallest absolute Gasteiger partial charge is 0.340 e. The molecule has 1 aliphatic rings. The monoisotopic (exact) mass is 453 g/mol. The molecule has 1 aliphatic heterocycles. The van der Waals surface area contributed by atoms with E-state index in [-0.39, 0.29) is 18.6 Å². The Balaban J connectivity index is 1.44. The number of carbonyl (C=O) groups is 2. The number of anilines is 2. The number of aliphatic hydroxyl groups is 1. The third kappa shape index (κ3) is 4.74. The number of rotatable bonds is 3. The van der Waals surface area contributed by atoms with Crippen LogP contribution in [0.1, 0.15) is 0 Å².